The monoisotopic (exact) mass is 461 g/mol. The van der Waals surface area contributed by atoms with Crippen molar-refractivity contribution in [3.63, 3.8) is 0 Å². The maximum absolute atomic E-state index is 12.8. The van der Waals surface area contributed by atoms with Crippen LogP contribution in [0.4, 0.5) is 5.69 Å². The molecule has 1 aliphatic heterocycles. The Balaban J connectivity index is 1.95. The Morgan fingerprint density at radius 1 is 1.13 bits per heavy atom. The molecular weight excluding hydrogens is 442 g/mol. The van der Waals surface area contributed by atoms with Crippen molar-refractivity contribution < 1.29 is 13.2 Å². The summed E-state index contributed by atoms with van der Waals surface area (Å²) in [4.78, 5) is 16.5. The number of amidine groups is 1. The zero-order valence-corrected chi connectivity index (χ0v) is 18.8. The van der Waals surface area contributed by atoms with Crippen molar-refractivity contribution in [2.24, 2.45) is 4.40 Å². The van der Waals surface area contributed by atoms with E-state index in [0.29, 0.717) is 9.93 Å². The number of thioether (sulfide) groups is 1. The van der Waals surface area contributed by atoms with Crippen molar-refractivity contribution in [2.45, 2.75) is 4.90 Å². The van der Waals surface area contributed by atoms with Crippen LogP contribution in [0.5, 0.6) is 0 Å². The van der Waals surface area contributed by atoms with Gasteiger partial charge in [-0.2, -0.15) is 8.42 Å². The number of carbonyl (C=O) groups is 1. The molecule has 6 nitrogen and oxygen atoms in total. The molecule has 9 heteroatoms. The smallest absolute Gasteiger partial charge is 0.284 e. The van der Waals surface area contributed by atoms with E-state index in [1.54, 1.807) is 6.08 Å². The van der Waals surface area contributed by atoms with Crippen LogP contribution in [0.3, 0.4) is 0 Å². The van der Waals surface area contributed by atoms with Crippen LogP contribution in [0.25, 0.3) is 6.08 Å². The molecule has 1 heterocycles. The van der Waals surface area contributed by atoms with Crippen molar-refractivity contribution in [3.8, 4) is 0 Å². The second-order valence-corrected chi connectivity index (χ2v) is 9.65. The van der Waals surface area contributed by atoms with E-state index in [2.05, 4.69) is 11.0 Å². The summed E-state index contributed by atoms with van der Waals surface area (Å²) in [6, 6.07) is 13.4. The van der Waals surface area contributed by atoms with E-state index >= 15 is 0 Å². The van der Waals surface area contributed by atoms with Crippen LogP contribution in [-0.4, -0.2) is 45.0 Å². The number of hydrogen-bond acceptors (Lipinski definition) is 5. The van der Waals surface area contributed by atoms with Crippen molar-refractivity contribution in [2.75, 3.05) is 25.5 Å². The number of hydrogen-bond donors (Lipinski definition) is 0. The second kappa shape index (κ2) is 9.07. The lowest BCUT2D eigenvalue weighted by Crippen LogP contribution is -2.29. The fourth-order valence-electron chi connectivity index (χ4n) is 2.65. The fraction of sp³-hybridized carbons (Fsp3) is 0.143. The topological polar surface area (TPSA) is 70.1 Å². The summed E-state index contributed by atoms with van der Waals surface area (Å²) in [6.45, 7) is 3.80. The third-order valence-corrected chi connectivity index (χ3v) is 6.87. The summed E-state index contributed by atoms with van der Waals surface area (Å²) in [7, 11) is -0.108. The van der Waals surface area contributed by atoms with Gasteiger partial charge in [0.15, 0.2) is 5.17 Å². The maximum Gasteiger partial charge on any atom is 0.284 e. The number of nitrogens with zero attached hydrogens (tertiary/aromatic N) is 3. The van der Waals surface area contributed by atoms with Gasteiger partial charge in [0.05, 0.1) is 9.80 Å². The first-order chi connectivity index (χ1) is 14.2. The second-order valence-electron chi connectivity index (χ2n) is 6.60. The molecule has 156 valence electrons. The van der Waals surface area contributed by atoms with Gasteiger partial charge in [0.25, 0.3) is 15.9 Å². The molecule has 1 aliphatic rings. The summed E-state index contributed by atoms with van der Waals surface area (Å²) >= 11 is 6.85. The highest BCUT2D eigenvalue weighted by Gasteiger charge is 2.34. The Kier molecular flexibility index (Phi) is 6.70. The van der Waals surface area contributed by atoms with Gasteiger partial charge in [0.1, 0.15) is 0 Å². The first-order valence-electron chi connectivity index (χ1n) is 8.91. The molecule has 0 bridgehead atoms. The van der Waals surface area contributed by atoms with Gasteiger partial charge in [0, 0.05) is 31.4 Å². The van der Waals surface area contributed by atoms with E-state index in [0.717, 1.165) is 23.0 Å². The molecule has 30 heavy (non-hydrogen) atoms. The van der Waals surface area contributed by atoms with Crippen molar-refractivity contribution >= 4 is 56.2 Å². The molecule has 0 saturated carbocycles. The van der Waals surface area contributed by atoms with Gasteiger partial charge in [-0.05, 0) is 59.8 Å². The predicted octanol–water partition coefficient (Wildman–Crippen LogP) is 4.25. The molecule has 0 aromatic heterocycles. The number of sulfonamides is 1. The lowest BCUT2D eigenvalue weighted by atomic mass is 10.2. The maximum atomic E-state index is 12.8. The zero-order valence-electron chi connectivity index (χ0n) is 16.4. The van der Waals surface area contributed by atoms with E-state index in [4.69, 9.17) is 11.6 Å². The van der Waals surface area contributed by atoms with Gasteiger partial charge in [-0.3, -0.25) is 9.69 Å². The molecule has 0 aliphatic carbocycles. The fourth-order valence-corrected chi connectivity index (χ4v) is 4.96. The van der Waals surface area contributed by atoms with Crippen LogP contribution >= 0.6 is 23.4 Å². The Hall–Kier alpha value is -2.55. The summed E-state index contributed by atoms with van der Waals surface area (Å²) in [5, 5.41) is 0.511. The van der Waals surface area contributed by atoms with Crippen LogP contribution in [-0.2, 0) is 14.8 Å². The number of rotatable bonds is 6. The third-order valence-electron chi connectivity index (χ3n) is 4.22. The van der Waals surface area contributed by atoms with Gasteiger partial charge in [-0.25, -0.2) is 0 Å². The van der Waals surface area contributed by atoms with Crippen LogP contribution in [0.1, 0.15) is 5.56 Å². The van der Waals surface area contributed by atoms with Crippen LogP contribution in [0.15, 0.2) is 75.4 Å². The lowest BCUT2D eigenvalue weighted by molar-refractivity contribution is -0.121. The zero-order chi connectivity index (χ0) is 21.9. The lowest BCUT2D eigenvalue weighted by Gasteiger charge is -2.12. The third kappa shape index (κ3) is 4.95. The van der Waals surface area contributed by atoms with Crippen molar-refractivity contribution in [1.82, 2.24) is 4.90 Å². The molecule has 2 aromatic rings. The molecule has 2 aromatic carbocycles. The van der Waals surface area contributed by atoms with Crippen LogP contribution in [0.2, 0.25) is 5.02 Å². The van der Waals surface area contributed by atoms with Gasteiger partial charge >= 0.3 is 0 Å². The minimum atomic E-state index is -4.00. The Labute approximate surface area is 185 Å². The summed E-state index contributed by atoms with van der Waals surface area (Å²) in [5.41, 5.74) is 1.86. The Bertz CT molecular complexity index is 1120. The molecule has 1 saturated heterocycles. The van der Waals surface area contributed by atoms with Gasteiger partial charge in [-0.15, -0.1) is 11.0 Å². The van der Waals surface area contributed by atoms with Gasteiger partial charge < -0.3 is 4.90 Å². The summed E-state index contributed by atoms with van der Waals surface area (Å²) in [6.07, 6.45) is 3.25. The minimum Gasteiger partial charge on any atom is -0.378 e. The molecule has 0 radical (unpaired) electrons. The first kappa shape index (κ1) is 22.1. The van der Waals surface area contributed by atoms with E-state index in [-0.39, 0.29) is 22.5 Å². The van der Waals surface area contributed by atoms with Crippen LogP contribution in [0, 0.1) is 0 Å². The number of anilines is 1. The highest BCUT2D eigenvalue weighted by Crippen LogP contribution is 2.34. The number of benzene rings is 2. The minimum absolute atomic E-state index is 0.00251. The van der Waals surface area contributed by atoms with Crippen LogP contribution < -0.4 is 4.90 Å². The number of halogens is 1. The Morgan fingerprint density at radius 3 is 2.33 bits per heavy atom. The molecule has 1 amide bonds. The number of carbonyl (C=O) groups excluding carboxylic acids is 1. The molecule has 3 rings (SSSR count). The van der Waals surface area contributed by atoms with Crippen molar-refractivity contribution in [1.29, 1.82) is 0 Å². The molecule has 0 unspecified atom stereocenters. The number of amides is 1. The Morgan fingerprint density at radius 2 is 1.77 bits per heavy atom. The first-order valence-corrected chi connectivity index (χ1v) is 11.5. The highest BCUT2D eigenvalue weighted by molar-refractivity contribution is 8.19. The van der Waals surface area contributed by atoms with E-state index in [1.807, 2.05) is 43.3 Å². The summed E-state index contributed by atoms with van der Waals surface area (Å²) < 4.78 is 29.3. The van der Waals surface area contributed by atoms with Gasteiger partial charge in [-0.1, -0.05) is 29.8 Å². The van der Waals surface area contributed by atoms with Gasteiger partial charge in [0.2, 0.25) is 0 Å². The molecule has 0 atom stereocenters. The van der Waals surface area contributed by atoms with E-state index < -0.39 is 10.0 Å². The van der Waals surface area contributed by atoms with E-state index in [1.165, 1.54) is 35.2 Å². The average molecular weight is 462 g/mol. The molecular formula is C21H20ClN3O3S2. The van der Waals surface area contributed by atoms with E-state index in [9.17, 15) is 13.2 Å². The average Bonchev–Trinajstić information content (AvgIpc) is 2.97. The molecule has 1 fully saturated rings. The highest BCUT2D eigenvalue weighted by atomic mass is 35.5. The predicted molar refractivity (Wildman–Crippen MR) is 124 cm³/mol. The standard InChI is InChI=1S/C21H20ClN3O3S2/c1-4-13-25-20(26)19(14-15-5-9-17(10-6-15)24(2)3)29-21(25)23-30(27,28)18-11-7-16(22)8-12-18/h4-12,14H,1,13H2,2-3H3/b19-14-,23-21-. The molecule has 0 N–H and O–H groups in total. The van der Waals surface area contributed by atoms with Crippen molar-refractivity contribution in [3.05, 3.63) is 76.7 Å². The quantitative estimate of drug-likeness (QED) is 0.475. The largest absolute Gasteiger partial charge is 0.378 e. The molecule has 0 spiro atoms. The summed E-state index contributed by atoms with van der Waals surface area (Å²) in [5.74, 6) is -0.318. The SMILES string of the molecule is C=CCN1C(=O)/C(=C/c2ccc(N(C)C)cc2)S/C1=N\S(=O)(=O)c1ccc(Cl)cc1. The normalized spacial score (nSPS) is 17.0.